The number of rotatable bonds is 1. The number of allylic oxidation sites excluding steroid dienone is 1. The van der Waals surface area contributed by atoms with Crippen LogP contribution in [-0.4, -0.2) is 37.9 Å². The number of hydrogen-bond acceptors (Lipinski definition) is 3. The number of carbonyl (C=O) groups is 1. The van der Waals surface area contributed by atoms with Crippen molar-refractivity contribution in [2.75, 3.05) is 19.3 Å². The van der Waals surface area contributed by atoms with Gasteiger partial charge in [0.25, 0.3) is 0 Å². The van der Waals surface area contributed by atoms with Gasteiger partial charge in [-0.3, -0.25) is 4.79 Å². The van der Waals surface area contributed by atoms with Crippen LogP contribution in [0, 0.1) is 5.92 Å². The van der Waals surface area contributed by atoms with Crippen LogP contribution in [-0.2, 0) is 14.8 Å². The molecule has 0 aromatic carbocycles. The molecule has 72 valence electrons. The Balaban J connectivity index is 2.21. The molecule has 0 N–H and O–H groups in total. The largest absolute Gasteiger partial charge is 0.295 e. The third kappa shape index (κ3) is 1.53. The lowest BCUT2D eigenvalue weighted by molar-refractivity contribution is -0.114. The van der Waals surface area contributed by atoms with Gasteiger partial charge in [0.2, 0.25) is 10.0 Å². The first-order chi connectivity index (χ1) is 5.97. The fourth-order valence-corrected chi connectivity index (χ4v) is 2.72. The summed E-state index contributed by atoms with van der Waals surface area (Å²) in [6.07, 6.45) is 3.29. The SMILES string of the molecule is CS(=O)(=O)N1CC2=CC(=O)CC2C1. The van der Waals surface area contributed by atoms with Crippen LogP contribution < -0.4 is 0 Å². The van der Waals surface area contributed by atoms with Gasteiger partial charge in [0, 0.05) is 25.4 Å². The molecule has 2 aliphatic rings. The molecule has 0 spiro atoms. The molecule has 1 unspecified atom stereocenters. The van der Waals surface area contributed by atoms with E-state index in [4.69, 9.17) is 0 Å². The van der Waals surface area contributed by atoms with Gasteiger partial charge < -0.3 is 0 Å². The Hall–Kier alpha value is -0.680. The van der Waals surface area contributed by atoms with E-state index < -0.39 is 10.0 Å². The van der Waals surface area contributed by atoms with Crippen molar-refractivity contribution in [1.29, 1.82) is 0 Å². The molecule has 1 atom stereocenters. The lowest BCUT2D eigenvalue weighted by Gasteiger charge is -2.11. The molecule has 0 saturated carbocycles. The number of hydrogen-bond donors (Lipinski definition) is 0. The summed E-state index contributed by atoms with van der Waals surface area (Å²) in [5.41, 5.74) is 0.982. The van der Waals surface area contributed by atoms with Gasteiger partial charge in [-0.15, -0.1) is 0 Å². The summed E-state index contributed by atoms with van der Waals surface area (Å²) in [7, 11) is -3.08. The Labute approximate surface area is 77.3 Å². The Morgan fingerprint density at radius 1 is 1.54 bits per heavy atom. The molecule has 0 amide bonds. The molecule has 1 aliphatic heterocycles. The van der Waals surface area contributed by atoms with Gasteiger partial charge in [0.15, 0.2) is 5.78 Å². The van der Waals surface area contributed by atoms with Gasteiger partial charge in [-0.2, -0.15) is 4.31 Å². The minimum atomic E-state index is -3.08. The van der Waals surface area contributed by atoms with E-state index in [9.17, 15) is 13.2 Å². The van der Waals surface area contributed by atoms with Crippen LogP contribution in [0.2, 0.25) is 0 Å². The van der Waals surface area contributed by atoms with E-state index >= 15 is 0 Å². The van der Waals surface area contributed by atoms with E-state index in [-0.39, 0.29) is 11.7 Å². The smallest absolute Gasteiger partial charge is 0.211 e. The first kappa shape index (κ1) is 8.90. The second-order valence-corrected chi connectivity index (χ2v) is 5.62. The van der Waals surface area contributed by atoms with Crippen LogP contribution >= 0.6 is 0 Å². The molecule has 1 saturated heterocycles. The second kappa shape index (κ2) is 2.65. The standard InChI is InChI=1S/C8H11NO3S/c1-13(11,12)9-4-6-2-8(10)3-7(6)5-9/h2,7H,3-5H2,1H3. The molecule has 0 aromatic heterocycles. The van der Waals surface area contributed by atoms with Crippen LogP contribution in [0.15, 0.2) is 11.6 Å². The molecular formula is C8H11NO3S. The van der Waals surface area contributed by atoms with Gasteiger partial charge in [-0.05, 0) is 11.6 Å². The highest BCUT2D eigenvalue weighted by atomic mass is 32.2. The van der Waals surface area contributed by atoms with Crippen molar-refractivity contribution in [2.24, 2.45) is 5.92 Å². The minimum Gasteiger partial charge on any atom is -0.295 e. The summed E-state index contributed by atoms with van der Waals surface area (Å²) in [5, 5.41) is 0. The average molecular weight is 201 g/mol. The summed E-state index contributed by atoms with van der Waals surface area (Å²) in [6, 6.07) is 0. The predicted molar refractivity (Wildman–Crippen MR) is 47.6 cm³/mol. The van der Waals surface area contributed by atoms with Gasteiger partial charge >= 0.3 is 0 Å². The highest BCUT2D eigenvalue weighted by Gasteiger charge is 2.36. The lowest BCUT2D eigenvalue weighted by Crippen LogP contribution is -2.28. The highest BCUT2D eigenvalue weighted by molar-refractivity contribution is 7.88. The summed E-state index contributed by atoms with van der Waals surface area (Å²) in [4.78, 5) is 11.0. The number of ketones is 1. The second-order valence-electron chi connectivity index (χ2n) is 3.64. The fourth-order valence-electron chi connectivity index (χ4n) is 1.88. The zero-order valence-corrected chi connectivity index (χ0v) is 8.17. The molecule has 4 nitrogen and oxygen atoms in total. The quantitative estimate of drug-likeness (QED) is 0.589. The lowest BCUT2D eigenvalue weighted by atomic mass is 10.1. The van der Waals surface area contributed by atoms with E-state index in [2.05, 4.69) is 0 Å². The maximum atomic E-state index is 11.2. The summed E-state index contributed by atoms with van der Waals surface area (Å²) < 4.78 is 23.7. The maximum Gasteiger partial charge on any atom is 0.211 e. The molecule has 0 aromatic rings. The van der Waals surface area contributed by atoms with Crippen molar-refractivity contribution in [2.45, 2.75) is 6.42 Å². The maximum absolute atomic E-state index is 11.2. The van der Waals surface area contributed by atoms with Crippen LogP contribution in [0.3, 0.4) is 0 Å². The number of nitrogens with zero attached hydrogens (tertiary/aromatic N) is 1. The van der Waals surface area contributed by atoms with E-state index in [0.717, 1.165) is 5.57 Å². The molecule has 2 rings (SSSR count). The monoisotopic (exact) mass is 201 g/mol. The molecule has 5 heteroatoms. The molecule has 1 aliphatic carbocycles. The molecule has 13 heavy (non-hydrogen) atoms. The molecule has 1 fully saturated rings. The number of fused-ring (bicyclic) bond motifs is 1. The Morgan fingerprint density at radius 3 is 2.77 bits per heavy atom. The summed E-state index contributed by atoms with van der Waals surface area (Å²) in [5.74, 6) is 0.287. The summed E-state index contributed by atoms with van der Waals surface area (Å²) in [6.45, 7) is 0.894. The predicted octanol–water partition coefficient (Wildman–Crippen LogP) is -0.223. The van der Waals surface area contributed by atoms with Crippen LogP contribution in [0.4, 0.5) is 0 Å². The first-order valence-electron chi connectivity index (χ1n) is 4.15. The van der Waals surface area contributed by atoms with E-state index in [1.165, 1.54) is 10.6 Å². The van der Waals surface area contributed by atoms with Crippen molar-refractivity contribution in [3.63, 3.8) is 0 Å². The fraction of sp³-hybridized carbons (Fsp3) is 0.625. The number of sulfonamides is 1. The van der Waals surface area contributed by atoms with Crippen LogP contribution in [0.1, 0.15) is 6.42 Å². The highest BCUT2D eigenvalue weighted by Crippen LogP contribution is 2.31. The van der Waals surface area contributed by atoms with E-state index in [1.54, 1.807) is 6.08 Å². The van der Waals surface area contributed by atoms with Crippen molar-refractivity contribution < 1.29 is 13.2 Å². The van der Waals surface area contributed by atoms with Gasteiger partial charge in [-0.1, -0.05) is 0 Å². The molecular weight excluding hydrogens is 190 g/mol. The average Bonchev–Trinajstić information content (AvgIpc) is 2.40. The zero-order valence-electron chi connectivity index (χ0n) is 7.36. The van der Waals surface area contributed by atoms with Crippen molar-refractivity contribution >= 4 is 15.8 Å². The van der Waals surface area contributed by atoms with Crippen molar-refractivity contribution in [1.82, 2.24) is 4.31 Å². The summed E-state index contributed by atoms with van der Waals surface area (Å²) >= 11 is 0. The van der Waals surface area contributed by atoms with Gasteiger partial charge in [-0.25, -0.2) is 8.42 Å². The van der Waals surface area contributed by atoms with Gasteiger partial charge in [0.05, 0.1) is 6.26 Å². The Kier molecular flexibility index (Phi) is 1.82. The molecule has 1 heterocycles. The van der Waals surface area contributed by atoms with Crippen molar-refractivity contribution in [3.8, 4) is 0 Å². The third-order valence-electron chi connectivity index (χ3n) is 2.57. The Bertz CT molecular complexity index is 382. The molecule has 0 bridgehead atoms. The van der Waals surface area contributed by atoms with Gasteiger partial charge in [0.1, 0.15) is 0 Å². The van der Waals surface area contributed by atoms with Crippen LogP contribution in [0.25, 0.3) is 0 Å². The van der Waals surface area contributed by atoms with Crippen LogP contribution in [0.5, 0.6) is 0 Å². The molecule has 0 radical (unpaired) electrons. The van der Waals surface area contributed by atoms with E-state index in [1.807, 2.05) is 0 Å². The zero-order chi connectivity index (χ0) is 9.64. The Morgan fingerprint density at radius 2 is 2.23 bits per heavy atom. The topological polar surface area (TPSA) is 54.5 Å². The normalized spacial score (nSPS) is 29.2. The number of carbonyl (C=O) groups excluding carboxylic acids is 1. The van der Waals surface area contributed by atoms with Crippen molar-refractivity contribution in [3.05, 3.63) is 11.6 Å². The van der Waals surface area contributed by atoms with E-state index in [0.29, 0.717) is 19.5 Å². The third-order valence-corrected chi connectivity index (χ3v) is 3.79. The minimum absolute atomic E-state index is 0.133. The first-order valence-corrected chi connectivity index (χ1v) is 6.00.